The maximum absolute atomic E-state index is 13.4. The topological polar surface area (TPSA) is 68.5 Å². The third-order valence-corrected chi connectivity index (χ3v) is 5.10. The van der Waals surface area contributed by atoms with Gasteiger partial charge in [0, 0.05) is 18.1 Å². The molecule has 1 aromatic carbocycles. The summed E-state index contributed by atoms with van der Waals surface area (Å²) < 4.78 is 53.3. The molecular weight excluding hydrogens is 423 g/mol. The second-order valence-corrected chi connectivity index (χ2v) is 9.92. The van der Waals surface area contributed by atoms with Crippen LogP contribution in [0.25, 0.3) is 0 Å². The number of aliphatic hydroxyl groups is 1. The molecule has 0 amide bonds. The zero-order chi connectivity index (χ0) is 23.7. The fraction of sp³-hybridized carbons (Fsp3) is 0.609. The summed E-state index contributed by atoms with van der Waals surface area (Å²) in [7, 11) is 0. The molecule has 2 N–H and O–H groups in total. The summed E-state index contributed by atoms with van der Waals surface area (Å²) in [5.74, 6) is 0.764. The number of benzene rings is 1. The fourth-order valence-electron chi connectivity index (χ4n) is 3.33. The molecule has 6 nitrogen and oxygen atoms in total. The van der Waals surface area contributed by atoms with E-state index >= 15 is 0 Å². The minimum atomic E-state index is -4.50. The second kappa shape index (κ2) is 8.94. The van der Waals surface area contributed by atoms with E-state index in [1.54, 1.807) is 18.5 Å². The molecule has 0 unspecified atom stereocenters. The highest BCUT2D eigenvalue weighted by atomic mass is 19.4. The standard InChI is InChI=1S/C23H32F3N3O3/c1-21(2,3)19-12-20(29(28-19)13-16-7-6-10-31-16)27-17-11-15(23(24,25)26)8-9-18(17)32-14-22(4,5)30/h8-9,11-12,16,27,30H,6-7,10,13-14H2,1-5H3/t16-/m1/s1. The van der Waals surface area contributed by atoms with Crippen LogP contribution in [0.4, 0.5) is 24.7 Å². The number of nitrogens with one attached hydrogen (secondary N) is 1. The lowest BCUT2D eigenvalue weighted by Crippen LogP contribution is -2.28. The van der Waals surface area contributed by atoms with Crippen molar-refractivity contribution in [2.45, 2.75) is 77.3 Å². The molecule has 32 heavy (non-hydrogen) atoms. The normalized spacial score (nSPS) is 17.6. The number of nitrogens with zero attached hydrogens (tertiary/aromatic N) is 2. The smallest absolute Gasteiger partial charge is 0.416 e. The van der Waals surface area contributed by atoms with Crippen LogP contribution < -0.4 is 10.1 Å². The molecule has 178 valence electrons. The van der Waals surface area contributed by atoms with E-state index in [1.807, 2.05) is 26.8 Å². The lowest BCUT2D eigenvalue weighted by atomic mass is 9.92. The third-order valence-electron chi connectivity index (χ3n) is 5.10. The zero-order valence-corrected chi connectivity index (χ0v) is 19.2. The Morgan fingerprint density at radius 3 is 2.47 bits per heavy atom. The maximum atomic E-state index is 13.4. The van der Waals surface area contributed by atoms with Crippen LogP contribution >= 0.6 is 0 Å². The van der Waals surface area contributed by atoms with Crippen LogP contribution in [0.1, 0.15) is 58.7 Å². The largest absolute Gasteiger partial charge is 0.488 e. The van der Waals surface area contributed by atoms with Gasteiger partial charge in [0.2, 0.25) is 0 Å². The van der Waals surface area contributed by atoms with Crippen molar-refractivity contribution < 1.29 is 27.8 Å². The van der Waals surface area contributed by atoms with Gasteiger partial charge in [-0.3, -0.25) is 0 Å². The number of rotatable bonds is 7. The lowest BCUT2D eigenvalue weighted by Gasteiger charge is -2.21. The van der Waals surface area contributed by atoms with Gasteiger partial charge in [-0.05, 0) is 44.9 Å². The second-order valence-electron chi connectivity index (χ2n) is 9.92. The molecule has 1 aliphatic heterocycles. The van der Waals surface area contributed by atoms with E-state index in [0.717, 1.165) is 30.7 Å². The van der Waals surface area contributed by atoms with E-state index in [2.05, 4.69) is 5.32 Å². The van der Waals surface area contributed by atoms with Gasteiger partial charge in [-0.2, -0.15) is 18.3 Å². The maximum Gasteiger partial charge on any atom is 0.416 e. The van der Waals surface area contributed by atoms with Crippen LogP contribution in [0, 0.1) is 0 Å². The molecule has 1 saturated heterocycles. The van der Waals surface area contributed by atoms with Crippen LogP contribution in [0.3, 0.4) is 0 Å². The predicted octanol–water partition coefficient (Wildman–Crippen LogP) is 5.27. The summed E-state index contributed by atoms with van der Waals surface area (Å²) in [5.41, 5.74) is -1.22. The monoisotopic (exact) mass is 455 g/mol. The first-order valence-corrected chi connectivity index (χ1v) is 10.8. The van der Waals surface area contributed by atoms with Crippen molar-refractivity contribution in [3.8, 4) is 5.75 Å². The first-order valence-electron chi connectivity index (χ1n) is 10.8. The molecule has 1 aromatic heterocycles. The van der Waals surface area contributed by atoms with Crippen molar-refractivity contribution in [1.29, 1.82) is 0 Å². The summed E-state index contributed by atoms with van der Waals surface area (Å²) in [4.78, 5) is 0. The Morgan fingerprint density at radius 2 is 1.91 bits per heavy atom. The zero-order valence-electron chi connectivity index (χ0n) is 19.2. The Morgan fingerprint density at radius 1 is 1.19 bits per heavy atom. The van der Waals surface area contributed by atoms with Gasteiger partial charge in [-0.25, -0.2) is 4.68 Å². The molecule has 9 heteroatoms. The van der Waals surface area contributed by atoms with Crippen LogP contribution in [-0.2, 0) is 22.9 Å². The van der Waals surface area contributed by atoms with Gasteiger partial charge >= 0.3 is 6.18 Å². The van der Waals surface area contributed by atoms with Crippen LogP contribution in [0.15, 0.2) is 24.3 Å². The molecule has 0 bridgehead atoms. The van der Waals surface area contributed by atoms with Crippen molar-refractivity contribution in [1.82, 2.24) is 9.78 Å². The van der Waals surface area contributed by atoms with Crippen molar-refractivity contribution in [2.24, 2.45) is 0 Å². The number of alkyl halides is 3. The highest BCUT2D eigenvalue weighted by Gasteiger charge is 2.32. The Kier molecular flexibility index (Phi) is 6.81. The summed E-state index contributed by atoms with van der Waals surface area (Å²) in [5, 5.41) is 17.8. The van der Waals surface area contributed by atoms with Crippen molar-refractivity contribution >= 4 is 11.5 Å². The first-order chi connectivity index (χ1) is 14.7. The van der Waals surface area contributed by atoms with Crippen LogP contribution in [-0.4, -0.2) is 39.8 Å². The number of hydrogen-bond donors (Lipinski definition) is 2. The molecule has 2 heterocycles. The Bertz CT molecular complexity index is 921. The van der Waals surface area contributed by atoms with Gasteiger partial charge in [-0.15, -0.1) is 0 Å². The van der Waals surface area contributed by atoms with Gasteiger partial charge in [0.05, 0.1) is 35.2 Å². The third kappa shape index (κ3) is 6.38. The molecule has 0 radical (unpaired) electrons. The summed E-state index contributed by atoms with van der Waals surface area (Å²) in [6.45, 7) is 10.3. The Hall–Kier alpha value is -2.26. The van der Waals surface area contributed by atoms with E-state index < -0.39 is 17.3 Å². The Balaban J connectivity index is 1.98. The van der Waals surface area contributed by atoms with E-state index in [9.17, 15) is 18.3 Å². The Labute approximate surface area is 186 Å². The van der Waals surface area contributed by atoms with Gasteiger partial charge in [0.15, 0.2) is 0 Å². The van der Waals surface area contributed by atoms with Crippen molar-refractivity contribution in [3.63, 3.8) is 0 Å². The number of ether oxygens (including phenoxy) is 2. The summed E-state index contributed by atoms with van der Waals surface area (Å²) in [6, 6.07) is 5.09. The quantitative estimate of drug-likeness (QED) is 0.595. The molecule has 3 rings (SSSR count). The molecule has 0 saturated carbocycles. The van der Waals surface area contributed by atoms with E-state index in [1.165, 1.54) is 6.07 Å². The van der Waals surface area contributed by atoms with Gasteiger partial charge in [-0.1, -0.05) is 20.8 Å². The number of aromatic nitrogens is 2. The highest BCUT2D eigenvalue weighted by Crippen LogP contribution is 2.37. The van der Waals surface area contributed by atoms with Gasteiger partial charge in [0.1, 0.15) is 18.2 Å². The SMILES string of the molecule is CC(C)(O)COc1ccc(C(F)(F)F)cc1Nc1cc(C(C)(C)C)nn1C[C@H]1CCCO1. The van der Waals surface area contributed by atoms with E-state index in [4.69, 9.17) is 14.6 Å². The molecule has 1 aliphatic rings. The molecule has 0 aliphatic carbocycles. The van der Waals surface area contributed by atoms with Crippen molar-refractivity contribution in [3.05, 3.63) is 35.5 Å². The molecular formula is C23H32F3N3O3. The van der Waals surface area contributed by atoms with Gasteiger partial charge < -0.3 is 19.9 Å². The van der Waals surface area contributed by atoms with Gasteiger partial charge in [0.25, 0.3) is 0 Å². The molecule has 1 atom stereocenters. The highest BCUT2D eigenvalue weighted by molar-refractivity contribution is 5.66. The number of halogens is 3. The number of hydrogen-bond acceptors (Lipinski definition) is 5. The molecule has 1 fully saturated rings. The fourth-order valence-corrected chi connectivity index (χ4v) is 3.33. The van der Waals surface area contributed by atoms with Crippen LogP contribution in [0.5, 0.6) is 5.75 Å². The van der Waals surface area contributed by atoms with Crippen LogP contribution in [0.2, 0.25) is 0 Å². The van der Waals surface area contributed by atoms with E-state index in [-0.39, 0.29) is 29.6 Å². The van der Waals surface area contributed by atoms with Crippen molar-refractivity contribution in [2.75, 3.05) is 18.5 Å². The number of anilines is 2. The molecule has 0 spiro atoms. The average molecular weight is 456 g/mol. The minimum absolute atomic E-state index is 0.00989. The minimum Gasteiger partial charge on any atom is -0.488 e. The average Bonchev–Trinajstić information content (AvgIpc) is 3.29. The summed E-state index contributed by atoms with van der Waals surface area (Å²) >= 11 is 0. The molecule has 2 aromatic rings. The van der Waals surface area contributed by atoms with E-state index in [0.29, 0.717) is 19.0 Å². The first kappa shape index (κ1) is 24.4. The predicted molar refractivity (Wildman–Crippen MR) is 116 cm³/mol. The summed E-state index contributed by atoms with van der Waals surface area (Å²) in [6.07, 6.45) is -2.60. The lowest BCUT2D eigenvalue weighted by molar-refractivity contribution is -0.137.